The number of aromatic amines is 1. The summed E-state index contributed by atoms with van der Waals surface area (Å²) in [5.74, 6) is -1.49. The molecule has 1 aromatic heterocycles. The van der Waals surface area contributed by atoms with Crippen molar-refractivity contribution in [3.8, 4) is 0 Å². The van der Waals surface area contributed by atoms with E-state index in [0.29, 0.717) is 16.8 Å². The minimum Gasteiger partial charge on any atom is -0.480 e. The van der Waals surface area contributed by atoms with Gasteiger partial charge in [-0.3, -0.25) is 4.79 Å². The molecular weight excluding hydrogens is 295 g/mol. The lowest BCUT2D eigenvalue weighted by Gasteiger charge is -2.13. The molecule has 5 nitrogen and oxygen atoms in total. The van der Waals surface area contributed by atoms with Crippen LogP contribution in [0.1, 0.15) is 12.0 Å². The maximum Gasteiger partial charge on any atom is 0.326 e. The summed E-state index contributed by atoms with van der Waals surface area (Å²) < 4.78 is 13.1. The molecule has 0 saturated heterocycles. The summed E-state index contributed by atoms with van der Waals surface area (Å²) in [6.45, 7) is 0. The normalized spacial score (nSPS) is 12.3. The maximum absolute atomic E-state index is 13.1. The summed E-state index contributed by atoms with van der Waals surface area (Å²) in [5.41, 5.74) is 1.30. The third-order valence-corrected chi connectivity index (χ3v) is 3.35. The average Bonchev–Trinajstić information content (AvgIpc) is 2.80. The van der Waals surface area contributed by atoms with Gasteiger partial charge in [-0.25, -0.2) is 9.18 Å². The third-order valence-electron chi connectivity index (χ3n) is 3.13. The van der Waals surface area contributed by atoms with Gasteiger partial charge in [-0.2, -0.15) is 12.6 Å². The molecule has 7 heteroatoms. The molecule has 0 spiro atoms. The Bertz CT molecular complexity index is 671. The van der Waals surface area contributed by atoms with Gasteiger partial charge in [-0.15, -0.1) is 0 Å². The van der Waals surface area contributed by atoms with Gasteiger partial charge in [0.2, 0.25) is 5.91 Å². The van der Waals surface area contributed by atoms with E-state index in [1.165, 1.54) is 12.1 Å². The molecule has 0 radical (unpaired) electrons. The van der Waals surface area contributed by atoms with E-state index < -0.39 is 12.0 Å². The zero-order valence-corrected chi connectivity index (χ0v) is 12.0. The molecule has 0 aliphatic rings. The topological polar surface area (TPSA) is 82.2 Å². The van der Waals surface area contributed by atoms with Crippen molar-refractivity contribution in [3.05, 3.63) is 35.8 Å². The van der Waals surface area contributed by atoms with Gasteiger partial charge in [0.15, 0.2) is 0 Å². The minimum atomic E-state index is -1.11. The van der Waals surface area contributed by atoms with Crippen molar-refractivity contribution in [1.82, 2.24) is 10.3 Å². The Balaban J connectivity index is 2.19. The van der Waals surface area contributed by atoms with Gasteiger partial charge in [0.25, 0.3) is 0 Å². The van der Waals surface area contributed by atoms with Gasteiger partial charge in [-0.1, -0.05) is 0 Å². The first-order valence-corrected chi connectivity index (χ1v) is 7.03. The van der Waals surface area contributed by atoms with Crippen LogP contribution in [-0.4, -0.2) is 33.8 Å². The summed E-state index contributed by atoms with van der Waals surface area (Å²) in [6.07, 6.45) is 1.91. The number of amides is 1. The number of rotatable bonds is 6. The summed E-state index contributed by atoms with van der Waals surface area (Å²) in [4.78, 5) is 25.7. The predicted molar refractivity (Wildman–Crippen MR) is 80.0 cm³/mol. The molecule has 0 bridgehead atoms. The zero-order chi connectivity index (χ0) is 15.4. The zero-order valence-electron chi connectivity index (χ0n) is 11.1. The number of halogens is 1. The van der Waals surface area contributed by atoms with Crippen LogP contribution < -0.4 is 5.32 Å². The standard InChI is InChI=1S/C14H15FN2O3S/c15-9-1-2-10-8(7-16-11(10)6-9)5-12(14(19)20)17-13(18)3-4-21/h1-2,6-7,12,16,21H,3-5H2,(H,17,18)(H,19,20). The first-order chi connectivity index (χ1) is 10.0. The number of hydrogen-bond donors (Lipinski definition) is 4. The second kappa shape index (κ2) is 6.62. The fraction of sp³-hybridized carbons (Fsp3) is 0.286. The van der Waals surface area contributed by atoms with Crippen LogP contribution in [0.3, 0.4) is 0 Å². The van der Waals surface area contributed by atoms with Crippen molar-refractivity contribution >= 4 is 35.4 Å². The number of aliphatic carboxylic acids is 1. The number of fused-ring (bicyclic) bond motifs is 1. The number of carbonyl (C=O) groups excluding carboxylic acids is 1. The van der Waals surface area contributed by atoms with Gasteiger partial charge >= 0.3 is 5.97 Å². The Morgan fingerprint density at radius 3 is 2.86 bits per heavy atom. The van der Waals surface area contributed by atoms with E-state index in [0.717, 1.165) is 5.39 Å². The van der Waals surface area contributed by atoms with Crippen molar-refractivity contribution in [2.24, 2.45) is 0 Å². The monoisotopic (exact) mass is 310 g/mol. The van der Waals surface area contributed by atoms with E-state index >= 15 is 0 Å². The van der Waals surface area contributed by atoms with Crippen molar-refractivity contribution in [1.29, 1.82) is 0 Å². The van der Waals surface area contributed by atoms with E-state index in [4.69, 9.17) is 0 Å². The second-order valence-corrected chi connectivity index (χ2v) is 5.09. The maximum atomic E-state index is 13.1. The van der Waals surface area contributed by atoms with Crippen LogP contribution >= 0.6 is 12.6 Å². The number of hydrogen-bond acceptors (Lipinski definition) is 3. The highest BCUT2D eigenvalue weighted by molar-refractivity contribution is 7.80. The molecule has 0 fully saturated rings. The van der Waals surface area contributed by atoms with Crippen molar-refractivity contribution in [2.75, 3.05) is 5.75 Å². The van der Waals surface area contributed by atoms with Crippen LogP contribution in [0.5, 0.6) is 0 Å². The first-order valence-electron chi connectivity index (χ1n) is 6.40. The predicted octanol–water partition coefficient (Wildman–Crippen LogP) is 1.74. The van der Waals surface area contributed by atoms with E-state index in [9.17, 15) is 19.1 Å². The van der Waals surface area contributed by atoms with Crippen molar-refractivity contribution in [2.45, 2.75) is 18.9 Å². The highest BCUT2D eigenvalue weighted by Gasteiger charge is 2.21. The molecular formula is C14H15FN2O3S. The van der Waals surface area contributed by atoms with Crippen LogP contribution in [-0.2, 0) is 16.0 Å². The SMILES string of the molecule is O=C(CCS)NC(Cc1c[nH]c2cc(F)ccc12)C(=O)O. The van der Waals surface area contributed by atoms with E-state index in [-0.39, 0.29) is 24.6 Å². The number of thiol groups is 1. The minimum absolute atomic E-state index is 0.124. The molecule has 1 unspecified atom stereocenters. The number of benzene rings is 1. The summed E-state index contributed by atoms with van der Waals surface area (Å²) in [7, 11) is 0. The number of H-pyrrole nitrogens is 1. The Hall–Kier alpha value is -2.02. The van der Waals surface area contributed by atoms with Crippen LogP contribution in [0.25, 0.3) is 10.9 Å². The molecule has 2 rings (SSSR count). The molecule has 3 N–H and O–H groups in total. The second-order valence-electron chi connectivity index (χ2n) is 4.64. The lowest BCUT2D eigenvalue weighted by molar-refractivity contribution is -0.141. The molecule has 0 aliphatic carbocycles. The van der Waals surface area contributed by atoms with Gasteiger partial charge in [0, 0.05) is 29.9 Å². The Morgan fingerprint density at radius 1 is 1.43 bits per heavy atom. The first kappa shape index (κ1) is 15.4. The average molecular weight is 310 g/mol. The number of nitrogens with one attached hydrogen (secondary N) is 2. The summed E-state index contributed by atoms with van der Waals surface area (Å²) in [5, 5.41) is 12.4. The quantitative estimate of drug-likeness (QED) is 0.613. The summed E-state index contributed by atoms with van der Waals surface area (Å²) in [6, 6.07) is 3.22. The van der Waals surface area contributed by atoms with Crippen LogP contribution in [0, 0.1) is 5.82 Å². The Morgan fingerprint density at radius 2 is 2.19 bits per heavy atom. The largest absolute Gasteiger partial charge is 0.480 e. The molecule has 0 aliphatic heterocycles. The fourth-order valence-corrected chi connectivity index (χ4v) is 2.32. The number of carbonyl (C=O) groups is 2. The third kappa shape index (κ3) is 3.75. The Kier molecular flexibility index (Phi) is 4.85. The summed E-state index contributed by atoms with van der Waals surface area (Å²) >= 11 is 3.93. The molecule has 112 valence electrons. The molecule has 1 aromatic carbocycles. The van der Waals surface area contributed by atoms with Crippen molar-refractivity contribution < 1.29 is 19.1 Å². The Labute approximate surface area is 125 Å². The van der Waals surface area contributed by atoms with Crippen LogP contribution in [0.15, 0.2) is 24.4 Å². The van der Waals surface area contributed by atoms with E-state index in [1.807, 2.05) is 0 Å². The molecule has 21 heavy (non-hydrogen) atoms. The lowest BCUT2D eigenvalue weighted by Crippen LogP contribution is -2.42. The van der Waals surface area contributed by atoms with Gasteiger partial charge in [-0.05, 0) is 29.5 Å². The number of aromatic nitrogens is 1. The van der Waals surface area contributed by atoms with Gasteiger partial charge in [0.05, 0.1) is 0 Å². The van der Waals surface area contributed by atoms with Crippen LogP contribution in [0.4, 0.5) is 4.39 Å². The van der Waals surface area contributed by atoms with Gasteiger partial charge in [0.1, 0.15) is 11.9 Å². The van der Waals surface area contributed by atoms with E-state index in [1.54, 1.807) is 12.3 Å². The van der Waals surface area contributed by atoms with Crippen LogP contribution in [0.2, 0.25) is 0 Å². The van der Waals surface area contributed by atoms with Gasteiger partial charge < -0.3 is 15.4 Å². The van der Waals surface area contributed by atoms with E-state index in [2.05, 4.69) is 22.9 Å². The molecule has 2 aromatic rings. The lowest BCUT2D eigenvalue weighted by atomic mass is 10.0. The smallest absolute Gasteiger partial charge is 0.326 e. The number of carboxylic acids is 1. The van der Waals surface area contributed by atoms with Crippen molar-refractivity contribution in [3.63, 3.8) is 0 Å². The molecule has 1 amide bonds. The molecule has 1 atom stereocenters. The highest BCUT2D eigenvalue weighted by Crippen LogP contribution is 2.20. The molecule has 0 saturated carbocycles. The fourth-order valence-electron chi connectivity index (χ4n) is 2.12. The molecule has 1 heterocycles. The highest BCUT2D eigenvalue weighted by atomic mass is 32.1. The number of carboxylic acid groups (broad SMARTS) is 1.